The quantitative estimate of drug-likeness (QED) is 0.136. The first-order valence-corrected chi connectivity index (χ1v) is 13.2. The van der Waals surface area contributed by atoms with Crippen molar-refractivity contribution >= 4 is 9.39 Å². The number of piperazine rings is 2. The van der Waals surface area contributed by atoms with Gasteiger partial charge in [0.1, 0.15) is 26.2 Å². The van der Waals surface area contributed by atoms with Crippen LogP contribution in [0.25, 0.3) is 0 Å². The van der Waals surface area contributed by atoms with Crippen LogP contribution in [0.3, 0.4) is 0 Å². The first-order chi connectivity index (χ1) is 15.6. The second-order valence-corrected chi connectivity index (χ2v) is 11.6. The summed E-state index contributed by atoms with van der Waals surface area (Å²) in [5.41, 5.74) is 0. The van der Waals surface area contributed by atoms with E-state index in [9.17, 15) is 20.4 Å². The van der Waals surface area contributed by atoms with Crippen molar-refractivity contribution < 1.29 is 29.4 Å². The number of nitrogens with one attached hydrogen (secondary N) is 1. The topological polar surface area (TPSA) is 103 Å². The van der Waals surface area contributed by atoms with E-state index in [0.29, 0.717) is 6.54 Å². The van der Waals surface area contributed by atoms with Crippen molar-refractivity contribution in [3.8, 4) is 0 Å². The third-order valence-electron chi connectivity index (χ3n) is 7.82. The van der Waals surface area contributed by atoms with E-state index in [1.165, 1.54) is 0 Å². The number of hydrogen-bond acceptors (Lipinski definition) is 8. The molecule has 0 aliphatic carbocycles. The van der Waals surface area contributed by atoms with E-state index >= 15 is 0 Å². The molecule has 0 saturated carbocycles. The van der Waals surface area contributed by atoms with Crippen LogP contribution in [0.1, 0.15) is 0 Å². The maximum Gasteiger partial charge on any atom is 0.152 e. The van der Waals surface area contributed by atoms with Gasteiger partial charge < -0.3 is 49.1 Å². The van der Waals surface area contributed by atoms with E-state index in [1.54, 1.807) is 0 Å². The van der Waals surface area contributed by atoms with E-state index in [4.69, 9.17) is 0 Å². The molecule has 0 aromatic rings. The number of β-amino-alcohol motifs (C(OH)–C–C–N with tert-alkyl or cyclic N) is 2. The smallest absolute Gasteiger partial charge is 0.152 e. The lowest BCUT2D eigenvalue weighted by atomic mass is 10.0. The lowest BCUT2D eigenvalue weighted by molar-refractivity contribution is -0.975. The number of rotatable bonds is 8. The number of quaternary nitrogens is 2. The van der Waals surface area contributed by atoms with Gasteiger partial charge in [0.05, 0.1) is 38.4 Å². The third-order valence-corrected chi connectivity index (χ3v) is 8.06. The molecular weight excluding hydrogens is 467 g/mol. The Morgan fingerprint density at radius 3 is 1.49 bits per heavy atom. The Morgan fingerprint density at radius 1 is 0.800 bits per heavy atom. The van der Waals surface area contributed by atoms with Crippen molar-refractivity contribution in [2.45, 2.75) is 24.4 Å². The van der Waals surface area contributed by atoms with Crippen LogP contribution in [-0.2, 0) is 0 Å². The summed E-state index contributed by atoms with van der Waals surface area (Å²) in [4.78, 5) is 6.69. The Bertz CT molecular complexity index is 572. The van der Waals surface area contributed by atoms with Crippen molar-refractivity contribution in [1.82, 2.24) is 19.8 Å². The number of likely N-dealkylation sites (N-methyl/N-ethyl adjacent to an activating group) is 1. The summed E-state index contributed by atoms with van der Waals surface area (Å²) < 4.78 is 2.19. The molecule has 0 bridgehead atoms. The van der Waals surface area contributed by atoms with Gasteiger partial charge in [-0.05, 0) is 14.1 Å². The Labute approximate surface area is 216 Å². The van der Waals surface area contributed by atoms with Crippen molar-refractivity contribution in [3.05, 3.63) is 14.9 Å². The van der Waals surface area contributed by atoms with Crippen LogP contribution in [0.4, 0.5) is 0 Å². The minimum absolute atomic E-state index is 0. The van der Waals surface area contributed by atoms with Crippen molar-refractivity contribution in [2.75, 3.05) is 119 Å². The van der Waals surface area contributed by atoms with Crippen molar-refractivity contribution in [3.63, 3.8) is 0 Å². The van der Waals surface area contributed by atoms with Crippen molar-refractivity contribution in [2.24, 2.45) is 0 Å². The molecular formula is C24H55N6O4P. The van der Waals surface area contributed by atoms with E-state index in [2.05, 4.69) is 24.3 Å². The minimum Gasteiger partial charge on any atom is -0.390 e. The highest BCUT2D eigenvalue weighted by molar-refractivity contribution is 7.13. The van der Waals surface area contributed by atoms with Gasteiger partial charge >= 0.3 is 0 Å². The van der Waals surface area contributed by atoms with E-state index < -0.39 is 0 Å². The summed E-state index contributed by atoms with van der Waals surface area (Å²) in [6.07, 6.45) is -0.677. The summed E-state index contributed by atoms with van der Waals surface area (Å²) in [6, 6.07) is 0. The Kier molecular flexibility index (Phi) is 14.0. The molecule has 10 nitrogen and oxygen atoms in total. The normalized spacial score (nSPS) is 26.1. The molecule has 210 valence electrons. The van der Waals surface area contributed by atoms with Gasteiger partial charge in [0.25, 0.3) is 0 Å². The molecule has 4 aliphatic heterocycles. The number of aliphatic hydroxyl groups is 4. The molecule has 0 aromatic heterocycles. The first kappa shape index (κ1) is 33.1. The second kappa shape index (κ2) is 14.8. The molecule has 0 aromatic carbocycles. The van der Waals surface area contributed by atoms with Gasteiger partial charge in [-0.15, -0.1) is 0 Å². The molecule has 3 unspecified atom stereocenters. The Hall–Kier alpha value is 0.0300. The average molecular weight is 523 g/mol. The lowest BCUT2D eigenvalue weighted by Crippen LogP contribution is -2.72. The monoisotopic (exact) mass is 522 g/mol. The number of nitrogens with zero attached hydrogens (tertiary/aromatic N) is 5. The predicted octanol–water partition coefficient (Wildman–Crippen LogP) is -2.45. The summed E-state index contributed by atoms with van der Waals surface area (Å²) >= 11 is 0. The molecule has 4 rings (SSSR count). The first-order valence-electron chi connectivity index (χ1n) is 12.6. The fraction of sp³-hybridized carbons (Fsp3) is 0.917. The maximum absolute atomic E-state index is 9.89. The molecule has 0 amide bonds. The van der Waals surface area contributed by atoms with Crippen LogP contribution in [-0.4, -0.2) is 187 Å². The molecule has 11 heteroatoms. The zero-order chi connectivity index (χ0) is 24.1. The summed E-state index contributed by atoms with van der Waals surface area (Å²) in [5, 5.41) is 41.2. The molecule has 4 saturated heterocycles. The number of hydrogen-bond donors (Lipinski definition) is 5. The van der Waals surface area contributed by atoms with E-state index in [1.807, 2.05) is 19.0 Å². The molecule has 5 N–H and O–H groups in total. The summed E-state index contributed by atoms with van der Waals surface area (Å²) in [5.74, 6) is 0. The highest BCUT2D eigenvalue weighted by Gasteiger charge is 2.45. The van der Waals surface area contributed by atoms with Gasteiger partial charge in [-0.1, -0.05) is 9.39 Å². The summed E-state index contributed by atoms with van der Waals surface area (Å²) in [7, 11) is 6.39. The van der Waals surface area contributed by atoms with Gasteiger partial charge in [-0.3, -0.25) is 14.9 Å². The predicted molar refractivity (Wildman–Crippen MR) is 145 cm³/mol. The SMILES string of the molecule is CN(C)CC(O)CN1CC[N+]2(CC1)CC(O)C2.OC(CNP)CN1CC[N+]2(CC1)CC(O)C2.[CH3-].[CH3-]. The molecule has 0 radical (unpaired) electrons. The zero-order valence-electron chi connectivity index (χ0n) is 22.7. The van der Waals surface area contributed by atoms with Crippen LogP contribution in [0, 0.1) is 14.9 Å². The fourth-order valence-corrected chi connectivity index (χ4v) is 6.19. The molecule has 2 spiro atoms. The molecule has 35 heavy (non-hydrogen) atoms. The van der Waals surface area contributed by atoms with Gasteiger partial charge in [-0.2, -0.15) is 0 Å². The highest BCUT2D eigenvalue weighted by atomic mass is 31.0. The molecule has 4 aliphatic rings. The molecule has 4 fully saturated rings. The van der Waals surface area contributed by atoms with Crippen LogP contribution < -0.4 is 5.09 Å². The largest absolute Gasteiger partial charge is 0.390 e. The highest BCUT2D eigenvalue weighted by Crippen LogP contribution is 2.24. The van der Waals surface area contributed by atoms with Crippen LogP contribution in [0.15, 0.2) is 0 Å². The molecule has 3 atom stereocenters. The Morgan fingerprint density at radius 2 is 1.17 bits per heavy atom. The van der Waals surface area contributed by atoms with Gasteiger partial charge in [0.15, 0.2) is 12.2 Å². The third kappa shape index (κ3) is 10.0. The van der Waals surface area contributed by atoms with Gasteiger partial charge in [-0.25, -0.2) is 0 Å². The second-order valence-electron chi connectivity index (χ2n) is 11.2. The van der Waals surface area contributed by atoms with Crippen molar-refractivity contribution in [1.29, 1.82) is 0 Å². The minimum atomic E-state index is -0.286. The van der Waals surface area contributed by atoms with Crippen LogP contribution in [0.5, 0.6) is 0 Å². The lowest BCUT2D eigenvalue weighted by Gasteiger charge is -2.52. The standard InChI is InChI=1S/C12H26N3O2.C10H23N3O2P.2CH3/c1-13(2)7-11(16)8-14-3-5-15(6-4-14)9-12(17)10-15;14-9(5-11-16)6-12-1-3-13(4-2-12)7-10(15)8-13;;/h11-12,16-17H,3-10H2,1-2H3;9-11,14-15H,1-8,16H2;2*1H3/q2*+1;2*-1. The molecule has 4 heterocycles. The van der Waals surface area contributed by atoms with E-state index in [0.717, 1.165) is 107 Å². The fourth-order valence-electron chi connectivity index (χ4n) is 5.91. The number of aliphatic hydroxyl groups excluding tert-OH is 4. The summed E-state index contributed by atoms with van der Waals surface area (Å²) in [6.45, 7) is 15.3. The van der Waals surface area contributed by atoms with E-state index in [-0.39, 0.29) is 39.3 Å². The van der Waals surface area contributed by atoms with Gasteiger partial charge in [0.2, 0.25) is 0 Å². The Balaban J connectivity index is 0.000000332. The maximum atomic E-state index is 9.89. The zero-order valence-corrected chi connectivity index (χ0v) is 23.9. The van der Waals surface area contributed by atoms with Gasteiger partial charge in [0, 0.05) is 52.4 Å². The average Bonchev–Trinajstić information content (AvgIpc) is 2.69. The van der Waals surface area contributed by atoms with Crippen LogP contribution in [0.2, 0.25) is 0 Å². The van der Waals surface area contributed by atoms with Crippen LogP contribution >= 0.6 is 9.39 Å².